The van der Waals surface area contributed by atoms with Crippen molar-refractivity contribution in [3.05, 3.63) is 0 Å². The first-order valence-corrected chi connectivity index (χ1v) is 6.02. The maximum atomic E-state index is 11.2. The lowest BCUT2D eigenvalue weighted by atomic mass is 10.3. The molecule has 0 aromatic rings. The molecule has 0 aliphatic heterocycles. The summed E-state index contributed by atoms with van der Waals surface area (Å²) in [6.45, 7) is 0.374. The van der Waals surface area contributed by atoms with Crippen LogP contribution in [0.3, 0.4) is 0 Å². The van der Waals surface area contributed by atoms with Gasteiger partial charge in [-0.3, -0.25) is 9.59 Å². The van der Waals surface area contributed by atoms with Crippen LogP contribution in [0.4, 0.5) is 0 Å². The molecule has 0 aliphatic carbocycles. The number of ether oxygens (including phenoxy) is 1. The summed E-state index contributed by atoms with van der Waals surface area (Å²) in [5, 5.41) is 11.8. The van der Waals surface area contributed by atoms with E-state index in [2.05, 4.69) is 10.1 Å². The Bertz CT molecular complexity index is 210. The van der Waals surface area contributed by atoms with Crippen molar-refractivity contribution in [3.63, 3.8) is 0 Å². The van der Waals surface area contributed by atoms with Crippen molar-refractivity contribution in [2.45, 2.75) is 18.9 Å². The third-order valence-electron chi connectivity index (χ3n) is 1.71. The smallest absolute Gasteiger partial charge is 0.305 e. The number of hydrogen-bond acceptors (Lipinski definition) is 5. The van der Waals surface area contributed by atoms with Crippen molar-refractivity contribution in [1.82, 2.24) is 5.32 Å². The van der Waals surface area contributed by atoms with Crippen LogP contribution in [0, 0.1) is 0 Å². The molecule has 0 saturated carbocycles. The molecular weight excluding hydrogens is 218 g/mol. The number of carbonyl (C=O) groups is 2. The highest BCUT2D eigenvalue weighted by molar-refractivity contribution is 7.98. The first-order valence-electron chi connectivity index (χ1n) is 4.63. The van der Waals surface area contributed by atoms with Crippen molar-refractivity contribution >= 4 is 23.6 Å². The van der Waals surface area contributed by atoms with Crippen LogP contribution in [0.5, 0.6) is 0 Å². The Labute approximate surface area is 93.6 Å². The lowest BCUT2D eigenvalue weighted by Crippen LogP contribution is -2.36. The van der Waals surface area contributed by atoms with E-state index in [1.54, 1.807) is 0 Å². The fourth-order valence-corrected chi connectivity index (χ4v) is 1.36. The lowest BCUT2D eigenvalue weighted by molar-refractivity contribution is -0.140. The van der Waals surface area contributed by atoms with E-state index < -0.39 is 12.0 Å². The van der Waals surface area contributed by atoms with E-state index in [1.807, 2.05) is 6.26 Å². The van der Waals surface area contributed by atoms with Crippen LogP contribution >= 0.6 is 11.8 Å². The van der Waals surface area contributed by atoms with E-state index in [1.165, 1.54) is 18.9 Å². The van der Waals surface area contributed by atoms with Crippen LogP contribution in [0.2, 0.25) is 0 Å². The highest BCUT2D eigenvalue weighted by atomic mass is 32.2. The molecule has 5 nitrogen and oxygen atoms in total. The standard InChI is InChI=1S/C9H17NO4S/c1-14-8(12)4-3-5-10-9(13)7(11)6-15-2/h7,11H,3-6H2,1-2H3,(H,10,13). The summed E-state index contributed by atoms with van der Waals surface area (Å²) in [5.41, 5.74) is 0. The molecule has 15 heavy (non-hydrogen) atoms. The maximum Gasteiger partial charge on any atom is 0.305 e. The second-order valence-electron chi connectivity index (χ2n) is 2.94. The van der Waals surface area contributed by atoms with E-state index in [9.17, 15) is 14.7 Å². The van der Waals surface area contributed by atoms with E-state index in [-0.39, 0.29) is 12.4 Å². The Morgan fingerprint density at radius 1 is 1.53 bits per heavy atom. The Kier molecular flexibility index (Phi) is 8.12. The molecule has 0 radical (unpaired) electrons. The summed E-state index contributed by atoms with van der Waals surface area (Å²) < 4.78 is 4.44. The highest BCUT2D eigenvalue weighted by Gasteiger charge is 2.13. The van der Waals surface area contributed by atoms with Gasteiger partial charge in [0.1, 0.15) is 6.10 Å². The zero-order valence-corrected chi connectivity index (χ0v) is 9.80. The predicted molar refractivity (Wildman–Crippen MR) is 58.6 cm³/mol. The molecule has 0 bridgehead atoms. The molecule has 0 aromatic carbocycles. The second kappa shape index (κ2) is 8.55. The average Bonchev–Trinajstić information content (AvgIpc) is 2.23. The fourth-order valence-electron chi connectivity index (χ4n) is 0.898. The summed E-state index contributed by atoms with van der Waals surface area (Å²) >= 11 is 1.40. The minimum atomic E-state index is -0.974. The van der Waals surface area contributed by atoms with Crippen LogP contribution in [-0.4, -0.2) is 48.8 Å². The van der Waals surface area contributed by atoms with Crippen LogP contribution in [0.1, 0.15) is 12.8 Å². The number of carbonyl (C=O) groups excluding carboxylic acids is 2. The van der Waals surface area contributed by atoms with Crippen molar-refractivity contribution in [2.24, 2.45) is 0 Å². The largest absolute Gasteiger partial charge is 0.469 e. The zero-order chi connectivity index (χ0) is 11.7. The Morgan fingerprint density at radius 2 is 2.20 bits per heavy atom. The molecule has 6 heteroatoms. The van der Waals surface area contributed by atoms with Crippen molar-refractivity contribution in [1.29, 1.82) is 0 Å². The maximum absolute atomic E-state index is 11.2. The van der Waals surface area contributed by atoms with Crippen LogP contribution in [-0.2, 0) is 14.3 Å². The van der Waals surface area contributed by atoms with Crippen molar-refractivity contribution < 1.29 is 19.4 Å². The molecule has 0 saturated heterocycles. The molecule has 1 atom stereocenters. The quantitative estimate of drug-likeness (QED) is 0.471. The number of amides is 1. The topological polar surface area (TPSA) is 75.6 Å². The molecule has 2 N–H and O–H groups in total. The third kappa shape index (κ3) is 7.21. The van der Waals surface area contributed by atoms with Crippen molar-refractivity contribution in [3.8, 4) is 0 Å². The van der Waals surface area contributed by atoms with Gasteiger partial charge in [-0.1, -0.05) is 0 Å². The van der Waals surface area contributed by atoms with E-state index >= 15 is 0 Å². The van der Waals surface area contributed by atoms with Gasteiger partial charge in [-0.25, -0.2) is 0 Å². The number of esters is 1. The number of nitrogens with one attached hydrogen (secondary N) is 1. The molecule has 88 valence electrons. The van der Waals surface area contributed by atoms with Gasteiger partial charge in [0.05, 0.1) is 7.11 Å². The molecule has 0 spiro atoms. The molecule has 0 heterocycles. The summed E-state index contributed by atoms with van der Waals surface area (Å²) in [6, 6.07) is 0. The second-order valence-corrected chi connectivity index (χ2v) is 3.85. The molecule has 0 aliphatic rings. The number of aliphatic hydroxyl groups is 1. The van der Waals surface area contributed by atoms with Crippen LogP contribution in [0.25, 0.3) is 0 Å². The summed E-state index contributed by atoms with van der Waals surface area (Å²) in [4.78, 5) is 21.9. The first-order chi connectivity index (χ1) is 7.11. The molecule has 0 rings (SSSR count). The van der Waals surface area contributed by atoms with Gasteiger partial charge in [0.15, 0.2) is 0 Å². The number of thioether (sulfide) groups is 1. The average molecular weight is 235 g/mol. The molecular formula is C9H17NO4S. The Hall–Kier alpha value is -0.750. The first kappa shape index (κ1) is 14.2. The van der Waals surface area contributed by atoms with Gasteiger partial charge in [0.2, 0.25) is 5.91 Å². The molecule has 0 fully saturated rings. The van der Waals surface area contributed by atoms with Crippen LogP contribution in [0.15, 0.2) is 0 Å². The van der Waals surface area contributed by atoms with Gasteiger partial charge in [-0.2, -0.15) is 11.8 Å². The zero-order valence-electron chi connectivity index (χ0n) is 8.99. The van der Waals surface area contributed by atoms with E-state index in [0.717, 1.165) is 0 Å². The fraction of sp³-hybridized carbons (Fsp3) is 0.778. The van der Waals surface area contributed by atoms with Crippen molar-refractivity contribution in [2.75, 3.05) is 25.7 Å². The van der Waals surface area contributed by atoms with Gasteiger partial charge in [-0.15, -0.1) is 0 Å². The Morgan fingerprint density at radius 3 is 2.73 bits per heavy atom. The minimum Gasteiger partial charge on any atom is -0.469 e. The predicted octanol–water partition coefficient (Wildman–Crippen LogP) is -0.220. The summed E-state index contributed by atoms with van der Waals surface area (Å²) in [5.74, 6) is -0.314. The monoisotopic (exact) mass is 235 g/mol. The summed E-state index contributed by atoms with van der Waals surface area (Å²) in [7, 11) is 1.32. The minimum absolute atomic E-state index is 0.273. The number of hydrogen-bond donors (Lipinski definition) is 2. The molecule has 0 aromatic heterocycles. The lowest BCUT2D eigenvalue weighted by Gasteiger charge is -2.09. The summed E-state index contributed by atoms with van der Waals surface area (Å²) in [6.07, 6.45) is 1.63. The van der Waals surface area contributed by atoms with E-state index in [0.29, 0.717) is 18.7 Å². The normalized spacial score (nSPS) is 11.9. The van der Waals surface area contributed by atoms with Gasteiger partial charge in [0.25, 0.3) is 0 Å². The van der Waals surface area contributed by atoms with Gasteiger partial charge < -0.3 is 15.2 Å². The Balaban J connectivity index is 3.50. The number of aliphatic hydroxyl groups excluding tert-OH is 1. The third-order valence-corrected chi connectivity index (χ3v) is 2.36. The molecule has 1 amide bonds. The van der Waals surface area contributed by atoms with Gasteiger partial charge in [-0.05, 0) is 12.7 Å². The highest BCUT2D eigenvalue weighted by Crippen LogP contribution is 1.97. The van der Waals surface area contributed by atoms with E-state index in [4.69, 9.17) is 0 Å². The number of methoxy groups -OCH3 is 1. The number of rotatable bonds is 7. The van der Waals surface area contributed by atoms with Gasteiger partial charge in [0, 0.05) is 18.7 Å². The van der Waals surface area contributed by atoms with Crippen LogP contribution < -0.4 is 5.32 Å². The SMILES string of the molecule is COC(=O)CCCNC(=O)C(O)CSC. The van der Waals surface area contributed by atoms with Gasteiger partial charge >= 0.3 is 5.97 Å². The molecule has 1 unspecified atom stereocenters.